The number of nitrogens with zero attached hydrogens (tertiary/aromatic N) is 4. The molecule has 2 amide bonds. The van der Waals surface area contributed by atoms with Gasteiger partial charge in [0, 0.05) is 6.42 Å². The van der Waals surface area contributed by atoms with Crippen molar-refractivity contribution in [3.63, 3.8) is 0 Å². The van der Waals surface area contributed by atoms with E-state index in [4.69, 9.17) is 4.42 Å². The fourth-order valence-corrected chi connectivity index (χ4v) is 4.92. The summed E-state index contributed by atoms with van der Waals surface area (Å²) in [4.78, 5) is 24.3. The lowest BCUT2D eigenvalue weighted by Gasteiger charge is -2.19. The first kappa shape index (κ1) is 18.9. The molecule has 3 N–H and O–H groups in total. The molecule has 0 aromatic carbocycles. The molecule has 0 spiro atoms. The van der Waals surface area contributed by atoms with Gasteiger partial charge in [0.2, 0.25) is 11.8 Å². The number of aromatic amines is 1. The number of thiazole rings is 1. The van der Waals surface area contributed by atoms with Crippen molar-refractivity contribution in [1.29, 1.82) is 0 Å². The van der Waals surface area contributed by atoms with E-state index in [2.05, 4.69) is 35.8 Å². The molecule has 0 saturated heterocycles. The highest BCUT2D eigenvalue weighted by molar-refractivity contribution is 8.00. The molecule has 28 heavy (non-hydrogen) atoms. The lowest BCUT2D eigenvalue weighted by atomic mass is 9.86. The van der Waals surface area contributed by atoms with E-state index < -0.39 is 6.03 Å². The predicted molar refractivity (Wildman–Crippen MR) is 107 cm³/mol. The third kappa shape index (κ3) is 5.32. The molecule has 3 heterocycles. The maximum atomic E-state index is 11.9. The number of aromatic nitrogens is 5. The topological polar surface area (TPSA) is 122 Å². The Morgan fingerprint density at radius 2 is 2.11 bits per heavy atom. The second kappa shape index (κ2) is 9.20. The van der Waals surface area contributed by atoms with Gasteiger partial charge in [-0.05, 0) is 5.92 Å². The fraction of sp³-hybridized carbons (Fsp3) is 0.471. The molecule has 0 aliphatic heterocycles. The Labute approximate surface area is 170 Å². The molecule has 3 aromatic rings. The Kier molecular flexibility index (Phi) is 6.22. The van der Waals surface area contributed by atoms with Gasteiger partial charge in [-0.25, -0.2) is 19.9 Å². The number of carbonyl (C=O) groups is 1. The van der Waals surface area contributed by atoms with Crippen molar-refractivity contribution in [2.75, 3.05) is 10.6 Å². The zero-order chi connectivity index (χ0) is 19.2. The highest BCUT2D eigenvalue weighted by Gasteiger charge is 2.16. The summed E-state index contributed by atoms with van der Waals surface area (Å²) in [6.07, 6.45) is 12.5. The Balaban J connectivity index is 1.23. The highest BCUT2D eigenvalue weighted by atomic mass is 32.2. The van der Waals surface area contributed by atoms with E-state index >= 15 is 0 Å². The van der Waals surface area contributed by atoms with Gasteiger partial charge in [0.1, 0.15) is 12.1 Å². The standard InChI is InChI=1S/C17H21N7O2S2/c25-16(22-15-20-10-21-24-15)23-17-19-8-14(28-17)27-9-13-18-7-12(26-13)6-11-4-2-1-3-5-11/h7-8,10-11H,1-6,9H2,(H3,19,20,21,22,23,24,25). The molecule has 11 heteroatoms. The molecular weight excluding hydrogens is 398 g/mol. The lowest BCUT2D eigenvalue weighted by Crippen LogP contribution is -2.19. The number of hydrogen-bond acceptors (Lipinski definition) is 8. The third-order valence-electron chi connectivity index (χ3n) is 4.51. The molecule has 0 atom stereocenters. The smallest absolute Gasteiger partial charge is 0.327 e. The van der Waals surface area contributed by atoms with Crippen LogP contribution in [-0.4, -0.2) is 31.2 Å². The van der Waals surface area contributed by atoms with Crippen LogP contribution in [0.25, 0.3) is 0 Å². The van der Waals surface area contributed by atoms with Crippen LogP contribution in [0.3, 0.4) is 0 Å². The van der Waals surface area contributed by atoms with Crippen molar-refractivity contribution in [1.82, 2.24) is 25.1 Å². The molecule has 1 aliphatic carbocycles. The number of anilines is 2. The van der Waals surface area contributed by atoms with E-state index in [1.54, 1.807) is 18.0 Å². The number of hydrogen-bond donors (Lipinski definition) is 3. The summed E-state index contributed by atoms with van der Waals surface area (Å²) < 4.78 is 6.87. The second-order valence-corrected chi connectivity index (χ2v) is 8.92. The Morgan fingerprint density at radius 1 is 1.21 bits per heavy atom. The number of oxazole rings is 1. The minimum absolute atomic E-state index is 0.275. The van der Waals surface area contributed by atoms with E-state index in [1.807, 2.05) is 6.20 Å². The molecule has 9 nitrogen and oxygen atoms in total. The largest absolute Gasteiger partial charge is 0.445 e. The summed E-state index contributed by atoms with van der Waals surface area (Å²) >= 11 is 2.98. The van der Waals surface area contributed by atoms with Gasteiger partial charge in [-0.15, -0.1) is 11.8 Å². The van der Waals surface area contributed by atoms with Crippen LogP contribution in [0.5, 0.6) is 0 Å². The Bertz CT molecular complexity index is 887. The van der Waals surface area contributed by atoms with Crippen LogP contribution < -0.4 is 10.6 Å². The number of amides is 2. The summed E-state index contributed by atoms with van der Waals surface area (Å²) in [5, 5.41) is 11.9. The number of urea groups is 1. The number of carbonyl (C=O) groups excluding carboxylic acids is 1. The monoisotopic (exact) mass is 419 g/mol. The van der Waals surface area contributed by atoms with E-state index in [1.165, 1.54) is 49.8 Å². The van der Waals surface area contributed by atoms with Crippen LogP contribution in [0, 0.1) is 5.92 Å². The van der Waals surface area contributed by atoms with E-state index in [9.17, 15) is 4.79 Å². The summed E-state index contributed by atoms with van der Waals surface area (Å²) in [6.45, 7) is 0. The molecule has 1 saturated carbocycles. The van der Waals surface area contributed by atoms with Crippen LogP contribution in [0.4, 0.5) is 15.9 Å². The second-order valence-electron chi connectivity index (χ2n) is 6.61. The SMILES string of the molecule is O=C(Nc1ncn[nH]1)Nc1ncc(SCc2ncc(CC3CCCCC3)o2)s1. The maximum absolute atomic E-state index is 11.9. The fourth-order valence-electron chi connectivity index (χ4n) is 3.20. The maximum Gasteiger partial charge on any atom is 0.327 e. The van der Waals surface area contributed by atoms with Gasteiger partial charge in [0.15, 0.2) is 5.13 Å². The van der Waals surface area contributed by atoms with Gasteiger partial charge >= 0.3 is 6.03 Å². The molecule has 0 bridgehead atoms. The summed E-state index contributed by atoms with van der Waals surface area (Å²) in [5.74, 6) is 3.35. The van der Waals surface area contributed by atoms with Gasteiger partial charge in [-0.2, -0.15) is 10.1 Å². The molecular formula is C17H21N7O2S2. The highest BCUT2D eigenvalue weighted by Crippen LogP contribution is 2.31. The number of rotatable bonds is 7. The van der Waals surface area contributed by atoms with Crippen molar-refractivity contribution in [3.8, 4) is 0 Å². The predicted octanol–water partition coefficient (Wildman–Crippen LogP) is 4.31. The van der Waals surface area contributed by atoms with Crippen LogP contribution in [-0.2, 0) is 12.2 Å². The summed E-state index contributed by atoms with van der Waals surface area (Å²) in [7, 11) is 0. The van der Waals surface area contributed by atoms with Crippen LogP contribution in [0.1, 0.15) is 43.8 Å². The molecule has 4 rings (SSSR count). The van der Waals surface area contributed by atoms with Crippen molar-refractivity contribution in [2.45, 2.75) is 48.5 Å². The molecule has 148 valence electrons. The van der Waals surface area contributed by atoms with Crippen LogP contribution in [0.15, 0.2) is 27.3 Å². The first-order valence-electron chi connectivity index (χ1n) is 9.20. The van der Waals surface area contributed by atoms with Gasteiger partial charge in [0.05, 0.1) is 22.4 Å². The zero-order valence-electron chi connectivity index (χ0n) is 15.2. The summed E-state index contributed by atoms with van der Waals surface area (Å²) in [5.41, 5.74) is 0. The lowest BCUT2D eigenvalue weighted by molar-refractivity contribution is 0.262. The van der Waals surface area contributed by atoms with Gasteiger partial charge in [-0.3, -0.25) is 10.6 Å². The van der Waals surface area contributed by atoms with E-state index in [-0.39, 0.29) is 5.95 Å². The van der Waals surface area contributed by atoms with E-state index in [0.717, 1.165) is 28.2 Å². The first-order valence-corrected chi connectivity index (χ1v) is 11.0. The average Bonchev–Trinajstić information content (AvgIpc) is 3.44. The molecule has 3 aromatic heterocycles. The third-order valence-corrected chi connectivity index (χ3v) is 6.60. The summed E-state index contributed by atoms with van der Waals surface area (Å²) in [6, 6.07) is -0.428. The van der Waals surface area contributed by atoms with Crippen molar-refractivity contribution in [3.05, 3.63) is 30.4 Å². The zero-order valence-corrected chi connectivity index (χ0v) is 16.8. The normalized spacial score (nSPS) is 14.9. The average molecular weight is 420 g/mol. The van der Waals surface area contributed by atoms with Crippen LogP contribution in [0.2, 0.25) is 0 Å². The van der Waals surface area contributed by atoms with Gasteiger partial charge in [-0.1, -0.05) is 43.4 Å². The minimum Gasteiger partial charge on any atom is -0.445 e. The minimum atomic E-state index is -0.428. The number of H-pyrrole nitrogens is 1. The van der Waals surface area contributed by atoms with E-state index in [0.29, 0.717) is 10.9 Å². The van der Waals surface area contributed by atoms with Gasteiger partial charge in [0.25, 0.3) is 0 Å². The Morgan fingerprint density at radius 3 is 2.93 bits per heavy atom. The molecule has 1 aliphatic rings. The van der Waals surface area contributed by atoms with Gasteiger partial charge < -0.3 is 4.42 Å². The first-order chi connectivity index (χ1) is 13.7. The van der Waals surface area contributed by atoms with Crippen LogP contribution >= 0.6 is 23.1 Å². The van der Waals surface area contributed by atoms with Crippen molar-refractivity contribution >= 4 is 40.2 Å². The van der Waals surface area contributed by atoms with Crippen molar-refractivity contribution in [2.24, 2.45) is 5.92 Å². The molecule has 0 unspecified atom stereocenters. The number of thioether (sulfide) groups is 1. The molecule has 0 radical (unpaired) electrons. The van der Waals surface area contributed by atoms with Crippen molar-refractivity contribution < 1.29 is 9.21 Å². The quantitative estimate of drug-likeness (QED) is 0.488. The molecule has 1 fully saturated rings. The Hall–Kier alpha value is -2.40. The number of nitrogens with one attached hydrogen (secondary N) is 3.